The Kier molecular flexibility index (Phi) is 11.5. The lowest BCUT2D eigenvalue weighted by Crippen LogP contribution is -2.47. The number of nitrogens with zero attached hydrogens (tertiary/aromatic N) is 3. The number of rotatable bonds is 8. The fourth-order valence-electron chi connectivity index (χ4n) is 3.06. The molecule has 2 N–H and O–H groups in total. The van der Waals surface area contributed by atoms with Crippen LogP contribution in [0.15, 0.2) is 29.3 Å². The van der Waals surface area contributed by atoms with Crippen molar-refractivity contribution in [1.82, 2.24) is 15.5 Å². The number of methoxy groups -OCH3 is 1. The molecular weight excluding hydrogens is 453 g/mol. The average Bonchev–Trinajstić information content (AvgIpc) is 2.70. The van der Waals surface area contributed by atoms with Crippen molar-refractivity contribution in [2.45, 2.75) is 32.7 Å². The number of guanidine groups is 1. The first-order valence-electron chi connectivity index (χ1n) is 9.74. The minimum atomic E-state index is 0. The number of ether oxygens (including phenoxy) is 1. The van der Waals surface area contributed by atoms with Crippen LogP contribution in [0.4, 0.5) is 5.69 Å². The lowest BCUT2D eigenvalue weighted by atomic mass is 10.2. The van der Waals surface area contributed by atoms with Crippen LogP contribution >= 0.6 is 24.0 Å². The van der Waals surface area contributed by atoms with Crippen molar-refractivity contribution < 1.29 is 4.74 Å². The van der Waals surface area contributed by atoms with E-state index in [4.69, 9.17) is 4.74 Å². The Bertz CT molecular complexity index is 544. The van der Waals surface area contributed by atoms with E-state index in [9.17, 15) is 0 Å². The second kappa shape index (κ2) is 13.0. The first kappa shape index (κ1) is 23.8. The molecule has 0 aliphatic carbocycles. The molecule has 0 radical (unpaired) electrons. The lowest BCUT2D eigenvalue weighted by molar-refractivity contribution is 0.255. The van der Waals surface area contributed by atoms with E-state index >= 15 is 0 Å². The Morgan fingerprint density at radius 3 is 2.41 bits per heavy atom. The van der Waals surface area contributed by atoms with Gasteiger partial charge in [0.2, 0.25) is 0 Å². The van der Waals surface area contributed by atoms with E-state index in [1.165, 1.54) is 5.69 Å². The molecular formula is C20H36IN5O. The SMILES string of the molecule is CCC(C)NC(=NC)NCCCN1CCN(c2ccc(OC)cc2)CC1.I. The Morgan fingerprint density at radius 1 is 1.19 bits per heavy atom. The number of nitrogens with one attached hydrogen (secondary N) is 2. The highest BCUT2D eigenvalue weighted by Gasteiger charge is 2.16. The molecule has 1 aromatic carbocycles. The Balaban J connectivity index is 0.00000364. The predicted molar refractivity (Wildman–Crippen MR) is 126 cm³/mol. The van der Waals surface area contributed by atoms with Crippen molar-refractivity contribution in [2.75, 3.05) is 58.3 Å². The molecule has 2 rings (SSSR count). The van der Waals surface area contributed by atoms with Crippen LogP contribution < -0.4 is 20.3 Å². The number of halogens is 1. The summed E-state index contributed by atoms with van der Waals surface area (Å²) in [5.41, 5.74) is 1.28. The summed E-state index contributed by atoms with van der Waals surface area (Å²) < 4.78 is 5.24. The first-order chi connectivity index (χ1) is 12.7. The molecule has 6 nitrogen and oxygen atoms in total. The standard InChI is InChI=1S/C20H35N5O.HI/c1-5-17(2)23-20(21-3)22-11-6-12-24-13-15-25(16-14-24)18-7-9-19(26-4)10-8-18;/h7-10,17H,5-6,11-16H2,1-4H3,(H2,21,22,23);1H. The number of piperazine rings is 1. The fourth-order valence-corrected chi connectivity index (χ4v) is 3.06. The maximum absolute atomic E-state index is 5.24. The lowest BCUT2D eigenvalue weighted by Gasteiger charge is -2.36. The minimum Gasteiger partial charge on any atom is -0.497 e. The van der Waals surface area contributed by atoms with Crippen LogP contribution in [-0.4, -0.2) is 70.3 Å². The summed E-state index contributed by atoms with van der Waals surface area (Å²) in [5.74, 6) is 1.82. The summed E-state index contributed by atoms with van der Waals surface area (Å²) in [6, 6.07) is 8.82. The Labute approximate surface area is 181 Å². The van der Waals surface area contributed by atoms with E-state index in [0.717, 1.165) is 63.8 Å². The van der Waals surface area contributed by atoms with Crippen LogP contribution in [0.3, 0.4) is 0 Å². The molecule has 0 saturated carbocycles. The topological polar surface area (TPSA) is 52.1 Å². The molecule has 27 heavy (non-hydrogen) atoms. The van der Waals surface area contributed by atoms with Gasteiger partial charge >= 0.3 is 0 Å². The van der Waals surface area contributed by atoms with Crippen LogP contribution in [-0.2, 0) is 0 Å². The zero-order valence-corrected chi connectivity index (χ0v) is 19.5. The van der Waals surface area contributed by atoms with Gasteiger partial charge in [-0.15, -0.1) is 24.0 Å². The molecule has 0 spiro atoms. The molecule has 1 aromatic rings. The summed E-state index contributed by atoms with van der Waals surface area (Å²) in [4.78, 5) is 9.28. The fraction of sp³-hybridized carbons (Fsp3) is 0.650. The molecule has 1 atom stereocenters. The third-order valence-electron chi connectivity index (χ3n) is 4.97. The monoisotopic (exact) mass is 489 g/mol. The third-order valence-corrected chi connectivity index (χ3v) is 4.97. The van der Waals surface area contributed by atoms with E-state index in [1.54, 1.807) is 7.11 Å². The smallest absolute Gasteiger partial charge is 0.191 e. The second-order valence-corrected chi connectivity index (χ2v) is 6.83. The minimum absolute atomic E-state index is 0. The zero-order chi connectivity index (χ0) is 18.8. The molecule has 0 aromatic heterocycles. The molecule has 1 heterocycles. The number of aliphatic imine (C=N–C) groups is 1. The molecule has 0 bridgehead atoms. The van der Waals surface area contributed by atoms with Crippen LogP contribution in [0.2, 0.25) is 0 Å². The van der Waals surface area contributed by atoms with Gasteiger partial charge in [-0.25, -0.2) is 0 Å². The van der Waals surface area contributed by atoms with Crippen molar-refractivity contribution in [3.8, 4) is 5.75 Å². The van der Waals surface area contributed by atoms with Gasteiger partial charge in [0.1, 0.15) is 5.75 Å². The van der Waals surface area contributed by atoms with E-state index in [0.29, 0.717) is 6.04 Å². The van der Waals surface area contributed by atoms with Gasteiger partial charge in [-0.2, -0.15) is 0 Å². The number of benzene rings is 1. The molecule has 0 amide bonds. The van der Waals surface area contributed by atoms with Crippen molar-refractivity contribution in [2.24, 2.45) is 4.99 Å². The van der Waals surface area contributed by atoms with Crippen LogP contribution in [0.1, 0.15) is 26.7 Å². The molecule has 1 unspecified atom stereocenters. The van der Waals surface area contributed by atoms with Gasteiger partial charge in [0.25, 0.3) is 0 Å². The van der Waals surface area contributed by atoms with Gasteiger partial charge in [-0.3, -0.25) is 9.89 Å². The molecule has 1 aliphatic heterocycles. The molecule has 7 heteroatoms. The van der Waals surface area contributed by atoms with E-state index in [1.807, 2.05) is 19.2 Å². The average molecular weight is 489 g/mol. The van der Waals surface area contributed by atoms with E-state index in [2.05, 4.69) is 51.4 Å². The predicted octanol–water partition coefficient (Wildman–Crippen LogP) is 2.79. The Morgan fingerprint density at radius 2 is 1.85 bits per heavy atom. The van der Waals surface area contributed by atoms with Gasteiger partial charge in [0.05, 0.1) is 7.11 Å². The molecule has 1 saturated heterocycles. The van der Waals surface area contributed by atoms with E-state index in [-0.39, 0.29) is 24.0 Å². The second-order valence-electron chi connectivity index (χ2n) is 6.83. The van der Waals surface area contributed by atoms with Crippen molar-refractivity contribution >= 4 is 35.6 Å². The molecule has 154 valence electrons. The summed E-state index contributed by atoms with van der Waals surface area (Å²) in [6.07, 6.45) is 2.23. The largest absolute Gasteiger partial charge is 0.497 e. The van der Waals surface area contributed by atoms with Crippen LogP contribution in [0.25, 0.3) is 0 Å². The zero-order valence-electron chi connectivity index (χ0n) is 17.2. The van der Waals surface area contributed by atoms with E-state index < -0.39 is 0 Å². The van der Waals surface area contributed by atoms with Gasteiger partial charge in [0.15, 0.2) is 5.96 Å². The summed E-state index contributed by atoms with van der Waals surface area (Å²) in [6.45, 7) is 10.8. The molecule has 1 fully saturated rings. The van der Waals surface area contributed by atoms with Gasteiger partial charge in [-0.1, -0.05) is 6.92 Å². The highest BCUT2D eigenvalue weighted by molar-refractivity contribution is 14.0. The third kappa shape index (κ3) is 8.13. The highest BCUT2D eigenvalue weighted by atomic mass is 127. The maximum Gasteiger partial charge on any atom is 0.191 e. The van der Waals surface area contributed by atoms with Crippen LogP contribution in [0.5, 0.6) is 5.75 Å². The van der Waals surface area contributed by atoms with Gasteiger partial charge in [-0.05, 0) is 50.6 Å². The quantitative estimate of drug-likeness (QED) is 0.255. The van der Waals surface area contributed by atoms with Crippen molar-refractivity contribution in [3.05, 3.63) is 24.3 Å². The Hall–Kier alpha value is -1.22. The van der Waals surface area contributed by atoms with Crippen molar-refractivity contribution in [3.63, 3.8) is 0 Å². The summed E-state index contributed by atoms with van der Waals surface area (Å²) in [7, 11) is 3.54. The summed E-state index contributed by atoms with van der Waals surface area (Å²) in [5, 5.41) is 6.81. The highest BCUT2D eigenvalue weighted by Crippen LogP contribution is 2.20. The van der Waals surface area contributed by atoms with Gasteiger partial charge < -0.3 is 20.3 Å². The summed E-state index contributed by atoms with van der Waals surface area (Å²) >= 11 is 0. The van der Waals surface area contributed by atoms with Gasteiger partial charge in [0, 0.05) is 51.5 Å². The van der Waals surface area contributed by atoms with Crippen molar-refractivity contribution in [1.29, 1.82) is 0 Å². The first-order valence-corrected chi connectivity index (χ1v) is 9.74. The number of anilines is 1. The number of hydrogen-bond acceptors (Lipinski definition) is 4. The van der Waals surface area contributed by atoms with Crippen LogP contribution in [0, 0.1) is 0 Å². The maximum atomic E-state index is 5.24. The molecule has 1 aliphatic rings. The normalized spacial score (nSPS) is 16.4. The number of hydrogen-bond donors (Lipinski definition) is 2.